The predicted octanol–water partition coefficient (Wildman–Crippen LogP) is 4.04. The number of nitrogens with one attached hydrogen (secondary N) is 1. The summed E-state index contributed by atoms with van der Waals surface area (Å²) in [4.78, 5) is 12.7. The van der Waals surface area contributed by atoms with Crippen LogP contribution in [0.5, 0.6) is 0 Å². The first-order valence-corrected chi connectivity index (χ1v) is 9.14. The molecule has 0 fully saturated rings. The van der Waals surface area contributed by atoms with E-state index in [0.29, 0.717) is 22.2 Å². The summed E-state index contributed by atoms with van der Waals surface area (Å²) in [7, 11) is 0. The minimum Gasteiger partial charge on any atom is -0.346 e. The third-order valence-electron chi connectivity index (χ3n) is 3.21. The summed E-state index contributed by atoms with van der Waals surface area (Å²) in [5.41, 5.74) is 0.995. The van der Waals surface area contributed by atoms with Crippen LogP contribution in [0.15, 0.2) is 53.4 Å². The quantitative estimate of drug-likeness (QED) is 0.659. The molecule has 0 radical (unpaired) electrons. The van der Waals surface area contributed by atoms with Crippen molar-refractivity contribution in [1.82, 2.24) is 15.5 Å². The second-order valence-corrected chi connectivity index (χ2v) is 7.14. The molecule has 1 aromatic heterocycles. The lowest BCUT2D eigenvalue weighted by atomic mass is 10.2. The van der Waals surface area contributed by atoms with E-state index in [-0.39, 0.29) is 10.9 Å². The van der Waals surface area contributed by atoms with Gasteiger partial charge in [0.15, 0.2) is 11.6 Å². The highest BCUT2D eigenvalue weighted by atomic mass is 32.2. The number of hydrogen-bond donors (Lipinski definition) is 1. The van der Waals surface area contributed by atoms with Crippen LogP contribution in [0.3, 0.4) is 0 Å². The molecule has 0 atom stereocenters. The van der Waals surface area contributed by atoms with Gasteiger partial charge in [-0.3, -0.25) is 4.79 Å². The third kappa shape index (κ3) is 4.83. The van der Waals surface area contributed by atoms with E-state index in [1.165, 1.54) is 29.2 Å². The topological polar surface area (TPSA) is 54.9 Å². The van der Waals surface area contributed by atoms with Gasteiger partial charge in [-0.15, -0.1) is 22.0 Å². The van der Waals surface area contributed by atoms with Crippen molar-refractivity contribution in [3.05, 3.63) is 75.7 Å². The number of thioether (sulfide) groups is 1. The van der Waals surface area contributed by atoms with Crippen molar-refractivity contribution in [2.45, 2.75) is 17.2 Å². The van der Waals surface area contributed by atoms with Gasteiger partial charge in [0, 0.05) is 11.4 Å². The Morgan fingerprint density at radius 3 is 2.64 bits per heavy atom. The van der Waals surface area contributed by atoms with Gasteiger partial charge in [-0.05, 0) is 23.8 Å². The molecule has 3 rings (SSSR count). The van der Waals surface area contributed by atoms with Crippen molar-refractivity contribution < 1.29 is 13.6 Å². The van der Waals surface area contributed by atoms with Crippen molar-refractivity contribution in [2.24, 2.45) is 0 Å². The van der Waals surface area contributed by atoms with Crippen LogP contribution in [0, 0.1) is 11.6 Å². The summed E-state index contributed by atoms with van der Waals surface area (Å²) >= 11 is 2.48. The molecule has 0 unspecified atom stereocenters. The van der Waals surface area contributed by atoms with E-state index in [2.05, 4.69) is 15.5 Å². The maximum atomic E-state index is 13.2. The van der Waals surface area contributed by atoms with Crippen LogP contribution in [-0.2, 0) is 12.3 Å². The molecule has 25 heavy (non-hydrogen) atoms. The molecule has 0 saturated carbocycles. The van der Waals surface area contributed by atoms with Gasteiger partial charge in [-0.1, -0.05) is 41.7 Å². The van der Waals surface area contributed by atoms with Crippen LogP contribution in [0.4, 0.5) is 8.78 Å². The molecule has 0 aliphatic rings. The Morgan fingerprint density at radius 2 is 1.88 bits per heavy atom. The van der Waals surface area contributed by atoms with Crippen LogP contribution in [0.1, 0.15) is 20.4 Å². The molecule has 8 heteroatoms. The lowest BCUT2D eigenvalue weighted by Gasteiger charge is -2.02. The molecule has 0 saturated heterocycles. The molecule has 1 N–H and O–H groups in total. The first kappa shape index (κ1) is 17.5. The summed E-state index contributed by atoms with van der Waals surface area (Å²) in [6.07, 6.45) is 0. The lowest BCUT2D eigenvalue weighted by molar-refractivity contribution is 0.0950. The molecule has 0 aliphatic heterocycles. The molecule has 4 nitrogen and oxygen atoms in total. The largest absolute Gasteiger partial charge is 0.346 e. The normalized spacial score (nSPS) is 10.6. The Bertz CT molecular complexity index is 871. The van der Waals surface area contributed by atoms with Gasteiger partial charge in [0.25, 0.3) is 5.91 Å². The van der Waals surface area contributed by atoms with Crippen LogP contribution in [0.2, 0.25) is 0 Å². The van der Waals surface area contributed by atoms with E-state index in [1.807, 2.05) is 30.3 Å². The van der Waals surface area contributed by atoms with Crippen molar-refractivity contribution in [2.75, 3.05) is 0 Å². The highest BCUT2D eigenvalue weighted by Gasteiger charge is 2.13. The molecule has 0 spiro atoms. The fourth-order valence-electron chi connectivity index (χ4n) is 1.97. The highest BCUT2D eigenvalue weighted by Crippen LogP contribution is 2.25. The van der Waals surface area contributed by atoms with Gasteiger partial charge in [-0.25, -0.2) is 8.78 Å². The monoisotopic (exact) mass is 377 g/mol. The van der Waals surface area contributed by atoms with E-state index in [4.69, 9.17) is 0 Å². The number of carbonyl (C=O) groups excluding carboxylic acids is 1. The van der Waals surface area contributed by atoms with Crippen molar-refractivity contribution >= 4 is 29.0 Å². The van der Waals surface area contributed by atoms with Gasteiger partial charge in [0.2, 0.25) is 5.01 Å². The van der Waals surface area contributed by atoms with E-state index in [0.717, 1.165) is 17.7 Å². The summed E-state index contributed by atoms with van der Waals surface area (Å²) in [6.45, 7) is 0.415. The first-order chi connectivity index (χ1) is 12.1. The summed E-state index contributed by atoms with van der Waals surface area (Å²) in [6, 6.07) is 13.3. The third-order valence-corrected chi connectivity index (χ3v) is 5.32. The number of hydrogen-bond acceptors (Lipinski definition) is 5. The first-order valence-electron chi connectivity index (χ1n) is 7.34. The molecule has 2 aromatic carbocycles. The predicted molar refractivity (Wildman–Crippen MR) is 93.4 cm³/mol. The number of carbonyl (C=O) groups is 1. The van der Waals surface area contributed by atoms with Gasteiger partial charge in [0.1, 0.15) is 5.01 Å². The van der Waals surface area contributed by atoms with Crippen LogP contribution in [0.25, 0.3) is 0 Å². The molecule has 1 heterocycles. The molecular formula is C17H13F2N3OS2. The van der Waals surface area contributed by atoms with Gasteiger partial charge in [-0.2, -0.15) is 0 Å². The van der Waals surface area contributed by atoms with Gasteiger partial charge in [0.05, 0.1) is 5.75 Å². The molecule has 3 aromatic rings. The number of amides is 1. The minimum atomic E-state index is -0.886. The summed E-state index contributed by atoms with van der Waals surface area (Å²) in [5.74, 6) is -1.62. The average molecular weight is 377 g/mol. The van der Waals surface area contributed by atoms with Gasteiger partial charge >= 0.3 is 0 Å². The van der Waals surface area contributed by atoms with E-state index >= 15 is 0 Å². The summed E-state index contributed by atoms with van der Waals surface area (Å²) in [5, 5.41) is 11.5. The molecular weight excluding hydrogens is 364 g/mol. The van der Waals surface area contributed by atoms with E-state index in [9.17, 15) is 13.6 Å². The lowest BCUT2D eigenvalue weighted by Crippen LogP contribution is -2.22. The Kier molecular flexibility index (Phi) is 5.72. The van der Waals surface area contributed by atoms with Crippen LogP contribution in [-0.4, -0.2) is 16.1 Å². The fourth-order valence-corrected chi connectivity index (χ4v) is 3.63. The van der Waals surface area contributed by atoms with E-state index in [1.54, 1.807) is 0 Å². The van der Waals surface area contributed by atoms with E-state index < -0.39 is 11.6 Å². The maximum Gasteiger partial charge on any atom is 0.282 e. The Hall–Kier alpha value is -2.32. The standard InChI is InChI=1S/C17H13F2N3OS2/c18-13-7-6-12(8-14(13)19)24-10-15-21-22-17(25-15)16(23)20-9-11-4-2-1-3-5-11/h1-8H,9-10H2,(H,20,23). The van der Waals surface area contributed by atoms with Crippen molar-refractivity contribution in [3.8, 4) is 0 Å². The Balaban J connectivity index is 1.54. The molecule has 1 amide bonds. The summed E-state index contributed by atoms with van der Waals surface area (Å²) < 4.78 is 26.1. The maximum absolute atomic E-state index is 13.2. The number of benzene rings is 2. The van der Waals surface area contributed by atoms with Crippen LogP contribution < -0.4 is 5.32 Å². The Labute approximate surface area is 151 Å². The molecule has 0 bridgehead atoms. The zero-order chi connectivity index (χ0) is 17.6. The molecule has 0 aliphatic carbocycles. The zero-order valence-corrected chi connectivity index (χ0v) is 14.5. The Morgan fingerprint density at radius 1 is 1.08 bits per heavy atom. The second-order valence-electron chi connectivity index (χ2n) is 5.03. The number of rotatable bonds is 6. The number of halogens is 2. The SMILES string of the molecule is O=C(NCc1ccccc1)c1nnc(CSc2ccc(F)c(F)c2)s1. The van der Waals surface area contributed by atoms with Crippen LogP contribution >= 0.6 is 23.1 Å². The molecule has 128 valence electrons. The number of aromatic nitrogens is 2. The van der Waals surface area contributed by atoms with Crippen molar-refractivity contribution in [1.29, 1.82) is 0 Å². The fraction of sp³-hybridized carbons (Fsp3) is 0.118. The minimum absolute atomic E-state index is 0.275. The highest BCUT2D eigenvalue weighted by molar-refractivity contribution is 7.98. The van der Waals surface area contributed by atoms with Gasteiger partial charge < -0.3 is 5.32 Å². The number of nitrogens with zero attached hydrogens (tertiary/aromatic N) is 2. The smallest absolute Gasteiger partial charge is 0.282 e. The van der Waals surface area contributed by atoms with Crippen molar-refractivity contribution in [3.63, 3.8) is 0 Å². The average Bonchev–Trinajstić information content (AvgIpc) is 3.11. The zero-order valence-electron chi connectivity index (χ0n) is 12.9. The second kappa shape index (κ2) is 8.17.